The van der Waals surface area contributed by atoms with E-state index < -0.39 is 28.5 Å². The molecule has 0 heterocycles. The number of hydrogen-bond acceptors (Lipinski definition) is 4. The molecule has 0 bridgehead atoms. The van der Waals surface area contributed by atoms with Crippen LogP contribution >= 0.6 is 34.8 Å². The van der Waals surface area contributed by atoms with Crippen LogP contribution in [0, 0.1) is 0 Å². The van der Waals surface area contributed by atoms with Gasteiger partial charge in [0.25, 0.3) is 10.0 Å². The van der Waals surface area contributed by atoms with Gasteiger partial charge in [-0.1, -0.05) is 91.3 Å². The molecular formula is C31H34Cl3N3O4S. The Bertz CT molecular complexity index is 1460. The van der Waals surface area contributed by atoms with Crippen LogP contribution in [0.2, 0.25) is 15.1 Å². The van der Waals surface area contributed by atoms with Crippen LogP contribution in [0.5, 0.6) is 0 Å². The molecule has 1 atom stereocenters. The standard InChI is InChI=1S/C31H34Cl3N3O4S/c1-2-29(31(39)35-26-9-5-3-6-10-26)36(20-22-13-15-23(32)16-14-22)30(38)21-37(27-18-24(33)17-25(34)19-27)42(40,41)28-11-7-4-8-12-28/h4,7-8,11-19,26,29H,2-3,5-6,9-10,20-21H2,1H3,(H,35,39)/t29-/m1/s1. The van der Waals surface area contributed by atoms with Gasteiger partial charge in [-0.25, -0.2) is 8.42 Å². The molecule has 1 aliphatic carbocycles. The second-order valence-electron chi connectivity index (χ2n) is 10.4. The van der Waals surface area contributed by atoms with Gasteiger partial charge >= 0.3 is 0 Å². The van der Waals surface area contributed by atoms with Crippen LogP contribution < -0.4 is 9.62 Å². The van der Waals surface area contributed by atoms with Crippen LogP contribution in [-0.2, 0) is 26.2 Å². The van der Waals surface area contributed by atoms with Crippen molar-refractivity contribution in [1.82, 2.24) is 10.2 Å². The van der Waals surface area contributed by atoms with Crippen LogP contribution in [0.4, 0.5) is 5.69 Å². The predicted molar refractivity (Wildman–Crippen MR) is 169 cm³/mol. The molecular weight excluding hydrogens is 617 g/mol. The predicted octanol–water partition coefficient (Wildman–Crippen LogP) is 7.10. The Morgan fingerprint density at radius 3 is 2.10 bits per heavy atom. The summed E-state index contributed by atoms with van der Waals surface area (Å²) < 4.78 is 28.8. The largest absolute Gasteiger partial charge is 0.352 e. The lowest BCUT2D eigenvalue weighted by Crippen LogP contribution is -2.54. The number of amides is 2. The fourth-order valence-corrected chi connectivity index (χ4v) is 7.24. The summed E-state index contributed by atoms with van der Waals surface area (Å²) in [6.45, 7) is 1.35. The number of sulfonamides is 1. The highest BCUT2D eigenvalue weighted by Gasteiger charge is 2.34. The van der Waals surface area contributed by atoms with Gasteiger partial charge in [0.2, 0.25) is 11.8 Å². The number of nitrogens with zero attached hydrogens (tertiary/aromatic N) is 2. The average molecular weight is 651 g/mol. The maximum absolute atomic E-state index is 14.2. The molecule has 1 saturated carbocycles. The minimum Gasteiger partial charge on any atom is -0.352 e. The van der Waals surface area contributed by atoms with E-state index in [2.05, 4.69) is 5.32 Å². The minimum atomic E-state index is -4.22. The smallest absolute Gasteiger partial charge is 0.264 e. The average Bonchev–Trinajstić information content (AvgIpc) is 2.97. The molecule has 0 saturated heterocycles. The highest BCUT2D eigenvalue weighted by Crippen LogP contribution is 2.30. The summed E-state index contributed by atoms with van der Waals surface area (Å²) in [5.74, 6) is -0.804. The summed E-state index contributed by atoms with van der Waals surface area (Å²) in [7, 11) is -4.22. The lowest BCUT2D eigenvalue weighted by Gasteiger charge is -2.34. The first kappa shape index (κ1) is 32.1. The Hall–Kier alpha value is -2.78. The van der Waals surface area contributed by atoms with Crippen molar-refractivity contribution in [3.63, 3.8) is 0 Å². The lowest BCUT2D eigenvalue weighted by molar-refractivity contribution is -0.140. The van der Waals surface area contributed by atoms with Gasteiger partial charge in [0, 0.05) is 27.7 Å². The summed E-state index contributed by atoms with van der Waals surface area (Å²) >= 11 is 18.6. The van der Waals surface area contributed by atoms with Gasteiger partial charge in [0.1, 0.15) is 12.6 Å². The Morgan fingerprint density at radius 1 is 0.881 bits per heavy atom. The van der Waals surface area contributed by atoms with Crippen molar-refractivity contribution in [3.05, 3.63) is 93.4 Å². The summed E-state index contributed by atoms with van der Waals surface area (Å²) in [5, 5.41) is 4.11. The van der Waals surface area contributed by atoms with Gasteiger partial charge in [0.15, 0.2) is 0 Å². The number of rotatable bonds is 11. The van der Waals surface area contributed by atoms with Crippen molar-refractivity contribution < 1.29 is 18.0 Å². The summed E-state index contributed by atoms with van der Waals surface area (Å²) in [4.78, 5) is 29.2. The zero-order valence-electron chi connectivity index (χ0n) is 23.3. The molecule has 0 aliphatic heterocycles. The van der Waals surface area contributed by atoms with E-state index in [1.807, 2.05) is 6.92 Å². The van der Waals surface area contributed by atoms with E-state index in [1.165, 1.54) is 35.2 Å². The molecule has 7 nitrogen and oxygen atoms in total. The van der Waals surface area contributed by atoms with Gasteiger partial charge in [-0.15, -0.1) is 0 Å². The number of nitrogens with one attached hydrogen (secondary N) is 1. The molecule has 11 heteroatoms. The summed E-state index contributed by atoms with van der Waals surface area (Å²) in [6, 6.07) is 18.4. The maximum Gasteiger partial charge on any atom is 0.264 e. The number of anilines is 1. The van der Waals surface area contributed by atoms with Crippen LogP contribution in [0.15, 0.2) is 77.7 Å². The normalized spacial score (nSPS) is 14.7. The Kier molecular flexibility index (Phi) is 11.2. The van der Waals surface area contributed by atoms with Crippen molar-refractivity contribution in [3.8, 4) is 0 Å². The topological polar surface area (TPSA) is 86.8 Å². The molecule has 0 unspecified atom stereocenters. The number of hydrogen-bond donors (Lipinski definition) is 1. The number of benzene rings is 3. The third-order valence-electron chi connectivity index (χ3n) is 7.35. The van der Waals surface area contributed by atoms with E-state index in [0.717, 1.165) is 42.0 Å². The van der Waals surface area contributed by atoms with Crippen molar-refractivity contribution in [2.45, 2.75) is 69.0 Å². The molecule has 42 heavy (non-hydrogen) atoms. The van der Waals surface area contributed by atoms with Crippen molar-refractivity contribution in [2.24, 2.45) is 0 Å². The van der Waals surface area contributed by atoms with Crippen molar-refractivity contribution in [2.75, 3.05) is 10.8 Å². The van der Waals surface area contributed by atoms with Gasteiger partial charge in [-0.2, -0.15) is 0 Å². The minimum absolute atomic E-state index is 0.000215. The number of carbonyl (C=O) groups is 2. The number of halogens is 3. The Balaban J connectivity index is 1.71. The van der Waals surface area contributed by atoms with E-state index in [9.17, 15) is 18.0 Å². The quantitative estimate of drug-likeness (QED) is 0.240. The zero-order valence-corrected chi connectivity index (χ0v) is 26.4. The molecule has 224 valence electrons. The van der Waals surface area contributed by atoms with Crippen LogP contribution in [0.3, 0.4) is 0 Å². The third-order valence-corrected chi connectivity index (χ3v) is 9.83. The molecule has 1 aliphatic rings. The first-order valence-electron chi connectivity index (χ1n) is 14.0. The maximum atomic E-state index is 14.2. The first-order valence-corrected chi connectivity index (χ1v) is 16.5. The second-order valence-corrected chi connectivity index (χ2v) is 13.5. The van der Waals surface area contributed by atoms with Gasteiger partial charge in [-0.05, 0) is 67.3 Å². The van der Waals surface area contributed by atoms with E-state index in [1.54, 1.807) is 42.5 Å². The molecule has 3 aromatic rings. The molecule has 0 spiro atoms. The van der Waals surface area contributed by atoms with E-state index in [0.29, 0.717) is 11.4 Å². The van der Waals surface area contributed by atoms with Gasteiger partial charge < -0.3 is 10.2 Å². The van der Waals surface area contributed by atoms with Crippen LogP contribution in [0.1, 0.15) is 51.0 Å². The molecule has 2 amide bonds. The van der Waals surface area contributed by atoms with Crippen molar-refractivity contribution in [1.29, 1.82) is 0 Å². The molecule has 0 radical (unpaired) electrons. The fraction of sp³-hybridized carbons (Fsp3) is 0.355. The monoisotopic (exact) mass is 649 g/mol. The molecule has 1 fully saturated rings. The van der Waals surface area contributed by atoms with E-state index >= 15 is 0 Å². The second kappa shape index (κ2) is 14.6. The Morgan fingerprint density at radius 2 is 1.50 bits per heavy atom. The fourth-order valence-electron chi connectivity index (χ4n) is 5.18. The Labute approximate surface area is 262 Å². The molecule has 4 rings (SSSR count). The van der Waals surface area contributed by atoms with E-state index in [-0.39, 0.29) is 39.1 Å². The number of carbonyl (C=O) groups excluding carboxylic acids is 2. The lowest BCUT2D eigenvalue weighted by atomic mass is 9.95. The van der Waals surface area contributed by atoms with Crippen LogP contribution in [-0.4, -0.2) is 43.8 Å². The van der Waals surface area contributed by atoms with Gasteiger partial charge in [0.05, 0.1) is 10.6 Å². The SMILES string of the molecule is CC[C@H](C(=O)NC1CCCCC1)N(Cc1ccc(Cl)cc1)C(=O)CN(c1cc(Cl)cc(Cl)c1)S(=O)(=O)c1ccccc1. The van der Waals surface area contributed by atoms with Gasteiger partial charge in [-0.3, -0.25) is 13.9 Å². The van der Waals surface area contributed by atoms with Crippen molar-refractivity contribution >= 4 is 62.3 Å². The third kappa shape index (κ3) is 8.19. The first-order chi connectivity index (χ1) is 20.1. The highest BCUT2D eigenvalue weighted by atomic mass is 35.5. The molecule has 0 aromatic heterocycles. The zero-order chi connectivity index (χ0) is 30.3. The molecule has 1 N–H and O–H groups in total. The summed E-state index contributed by atoms with van der Waals surface area (Å²) in [5.41, 5.74) is 0.885. The van der Waals surface area contributed by atoms with Crippen LogP contribution in [0.25, 0.3) is 0 Å². The highest BCUT2D eigenvalue weighted by molar-refractivity contribution is 7.92. The van der Waals surface area contributed by atoms with E-state index in [4.69, 9.17) is 34.8 Å². The molecule has 3 aromatic carbocycles. The summed E-state index contributed by atoms with van der Waals surface area (Å²) in [6.07, 6.45) is 5.36.